The van der Waals surface area contributed by atoms with Gasteiger partial charge in [0.2, 0.25) is 0 Å². The number of rotatable bonds is 7. The van der Waals surface area contributed by atoms with Gasteiger partial charge in [0, 0.05) is 18.6 Å². The second-order valence-corrected chi connectivity index (χ2v) is 6.27. The van der Waals surface area contributed by atoms with Crippen LogP contribution in [0.5, 0.6) is 17.2 Å². The van der Waals surface area contributed by atoms with Crippen LogP contribution in [0.1, 0.15) is 24.8 Å². The second kappa shape index (κ2) is 8.08. The zero-order chi connectivity index (χ0) is 18.5. The van der Waals surface area contributed by atoms with E-state index in [2.05, 4.69) is 6.92 Å². The van der Waals surface area contributed by atoms with Crippen molar-refractivity contribution >= 4 is 5.69 Å². The average molecular weight is 356 g/mol. The van der Waals surface area contributed by atoms with E-state index in [1.807, 2.05) is 18.2 Å². The van der Waals surface area contributed by atoms with Crippen LogP contribution in [0.2, 0.25) is 0 Å². The molecule has 2 unspecified atom stereocenters. The molecule has 0 aromatic heterocycles. The standard InChI is InChI=1S/C20H22NO5/c1-3-16(25-18-6-4-5-15(11-18)21(22)23)12-19-10-8-14-7-9-17(24-2)13-20(14)26-19/h4-7,9,11,13,16,19H,1,3,8,10,12H2,2H3. The van der Waals surface area contributed by atoms with Crippen molar-refractivity contribution in [2.45, 2.75) is 37.9 Å². The summed E-state index contributed by atoms with van der Waals surface area (Å²) in [6.45, 7) is 3.94. The number of non-ortho nitro benzene ring substituents is 1. The molecular weight excluding hydrogens is 334 g/mol. The van der Waals surface area contributed by atoms with E-state index in [1.165, 1.54) is 17.7 Å². The van der Waals surface area contributed by atoms with E-state index in [0.717, 1.165) is 24.3 Å². The lowest BCUT2D eigenvalue weighted by atomic mass is 9.98. The van der Waals surface area contributed by atoms with Gasteiger partial charge in [-0.05, 0) is 43.9 Å². The van der Waals surface area contributed by atoms with Gasteiger partial charge in [-0.25, -0.2) is 0 Å². The molecule has 6 heteroatoms. The van der Waals surface area contributed by atoms with Gasteiger partial charge in [0.25, 0.3) is 5.69 Å². The molecule has 3 rings (SSSR count). The number of hydrogen-bond donors (Lipinski definition) is 0. The molecule has 1 aliphatic heterocycles. The van der Waals surface area contributed by atoms with E-state index in [0.29, 0.717) is 18.6 Å². The highest BCUT2D eigenvalue weighted by Crippen LogP contribution is 2.33. The van der Waals surface area contributed by atoms with Gasteiger partial charge in [0.05, 0.1) is 18.1 Å². The Bertz CT molecular complexity index is 777. The van der Waals surface area contributed by atoms with E-state index in [-0.39, 0.29) is 17.9 Å². The van der Waals surface area contributed by atoms with Crippen LogP contribution in [-0.2, 0) is 6.42 Å². The molecule has 0 N–H and O–H groups in total. The zero-order valence-corrected chi connectivity index (χ0v) is 14.7. The first kappa shape index (κ1) is 18.0. The normalized spacial score (nSPS) is 16.9. The third kappa shape index (κ3) is 4.25. The molecule has 2 atom stereocenters. The number of nitro groups is 1. The van der Waals surface area contributed by atoms with Crippen molar-refractivity contribution in [1.82, 2.24) is 0 Å². The highest BCUT2D eigenvalue weighted by Gasteiger charge is 2.24. The molecule has 0 bridgehead atoms. The molecule has 2 aromatic carbocycles. The molecule has 0 aliphatic carbocycles. The van der Waals surface area contributed by atoms with Gasteiger partial charge in [-0.1, -0.05) is 12.1 Å². The topological polar surface area (TPSA) is 70.8 Å². The minimum atomic E-state index is -0.430. The summed E-state index contributed by atoms with van der Waals surface area (Å²) in [5.41, 5.74) is 1.19. The molecule has 0 fully saturated rings. The summed E-state index contributed by atoms with van der Waals surface area (Å²) in [6, 6.07) is 12.1. The molecule has 0 spiro atoms. The number of fused-ring (bicyclic) bond motifs is 1. The largest absolute Gasteiger partial charge is 0.497 e. The number of benzene rings is 2. The van der Waals surface area contributed by atoms with Gasteiger partial charge >= 0.3 is 0 Å². The fraction of sp³-hybridized carbons (Fsp3) is 0.350. The Balaban J connectivity index is 1.65. The van der Waals surface area contributed by atoms with E-state index < -0.39 is 4.92 Å². The lowest BCUT2D eigenvalue weighted by Crippen LogP contribution is -2.30. The maximum absolute atomic E-state index is 10.9. The van der Waals surface area contributed by atoms with Crippen LogP contribution >= 0.6 is 0 Å². The summed E-state index contributed by atoms with van der Waals surface area (Å²) in [5, 5.41) is 10.9. The van der Waals surface area contributed by atoms with Gasteiger partial charge < -0.3 is 14.2 Å². The number of nitro benzene ring substituents is 1. The highest BCUT2D eigenvalue weighted by atomic mass is 16.6. The molecule has 2 aromatic rings. The second-order valence-electron chi connectivity index (χ2n) is 6.27. The first-order valence-corrected chi connectivity index (χ1v) is 8.63. The van der Waals surface area contributed by atoms with Gasteiger partial charge in [0.15, 0.2) is 0 Å². The average Bonchev–Trinajstić information content (AvgIpc) is 2.67. The third-order valence-corrected chi connectivity index (χ3v) is 4.48. The Morgan fingerprint density at radius 2 is 2.15 bits per heavy atom. The van der Waals surface area contributed by atoms with Crippen molar-refractivity contribution in [1.29, 1.82) is 0 Å². The van der Waals surface area contributed by atoms with Crippen molar-refractivity contribution in [3.63, 3.8) is 0 Å². The molecule has 1 radical (unpaired) electrons. The number of nitrogens with zero attached hydrogens (tertiary/aromatic N) is 1. The van der Waals surface area contributed by atoms with Crippen LogP contribution in [0.4, 0.5) is 5.69 Å². The van der Waals surface area contributed by atoms with E-state index in [1.54, 1.807) is 19.2 Å². The van der Waals surface area contributed by atoms with Crippen LogP contribution < -0.4 is 14.2 Å². The van der Waals surface area contributed by atoms with Crippen LogP contribution in [0.25, 0.3) is 0 Å². The van der Waals surface area contributed by atoms with Gasteiger partial charge in [-0.2, -0.15) is 0 Å². The molecule has 26 heavy (non-hydrogen) atoms. The van der Waals surface area contributed by atoms with Crippen molar-refractivity contribution in [3.05, 3.63) is 65.1 Å². The lowest BCUT2D eigenvalue weighted by Gasteiger charge is -2.29. The van der Waals surface area contributed by atoms with Gasteiger partial charge in [-0.15, -0.1) is 0 Å². The van der Waals surface area contributed by atoms with Crippen LogP contribution in [0.15, 0.2) is 42.5 Å². The lowest BCUT2D eigenvalue weighted by molar-refractivity contribution is -0.384. The molecule has 6 nitrogen and oxygen atoms in total. The predicted octanol–water partition coefficient (Wildman–Crippen LogP) is 4.36. The minimum Gasteiger partial charge on any atom is -0.497 e. The van der Waals surface area contributed by atoms with Crippen molar-refractivity contribution in [3.8, 4) is 17.2 Å². The van der Waals surface area contributed by atoms with E-state index in [4.69, 9.17) is 14.2 Å². The Labute approximate surface area is 152 Å². The number of ether oxygens (including phenoxy) is 3. The SMILES string of the molecule is [CH2]CC(CC1CCc2ccc(OC)cc2O1)Oc1cccc([N+](=O)[O-])c1. The Kier molecular flexibility index (Phi) is 5.61. The molecule has 137 valence electrons. The Morgan fingerprint density at radius 3 is 2.88 bits per heavy atom. The number of methoxy groups -OCH3 is 1. The molecule has 1 aliphatic rings. The monoisotopic (exact) mass is 356 g/mol. The third-order valence-electron chi connectivity index (χ3n) is 4.48. The van der Waals surface area contributed by atoms with E-state index >= 15 is 0 Å². The van der Waals surface area contributed by atoms with Crippen LogP contribution in [-0.4, -0.2) is 24.2 Å². The smallest absolute Gasteiger partial charge is 0.273 e. The van der Waals surface area contributed by atoms with Gasteiger partial charge in [-0.3, -0.25) is 10.1 Å². The maximum Gasteiger partial charge on any atom is 0.273 e. The molecular formula is C20H22NO5. The first-order valence-electron chi connectivity index (χ1n) is 8.63. The Hall–Kier alpha value is -2.76. The quantitative estimate of drug-likeness (QED) is 0.544. The van der Waals surface area contributed by atoms with E-state index in [9.17, 15) is 10.1 Å². The summed E-state index contributed by atoms with van der Waals surface area (Å²) in [6.07, 6.45) is 2.89. The Morgan fingerprint density at radius 1 is 1.31 bits per heavy atom. The fourth-order valence-electron chi connectivity index (χ4n) is 3.08. The first-order chi connectivity index (χ1) is 12.6. The summed E-state index contributed by atoms with van der Waals surface area (Å²) >= 11 is 0. The van der Waals surface area contributed by atoms with Crippen molar-refractivity contribution < 1.29 is 19.1 Å². The van der Waals surface area contributed by atoms with Crippen molar-refractivity contribution in [2.24, 2.45) is 0 Å². The maximum atomic E-state index is 10.9. The highest BCUT2D eigenvalue weighted by molar-refractivity contribution is 5.42. The fourth-order valence-corrected chi connectivity index (χ4v) is 3.08. The molecule has 0 saturated heterocycles. The minimum absolute atomic E-state index is 0.0139. The molecule has 0 saturated carbocycles. The molecule has 1 heterocycles. The number of hydrogen-bond acceptors (Lipinski definition) is 5. The van der Waals surface area contributed by atoms with Crippen LogP contribution in [0.3, 0.4) is 0 Å². The summed E-state index contributed by atoms with van der Waals surface area (Å²) in [4.78, 5) is 10.5. The summed E-state index contributed by atoms with van der Waals surface area (Å²) in [7, 11) is 1.63. The number of aryl methyl sites for hydroxylation is 1. The predicted molar refractivity (Wildman–Crippen MR) is 97.8 cm³/mol. The van der Waals surface area contributed by atoms with Crippen LogP contribution in [0, 0.1) is 17.0 Å². The zero-order valence-electron chi connectivity index (χ0n) is 14.7. The summed E-state index contributed by atoms with van der Waals surface area (Å²) in [5.74, 6) is 2.09. The molecule has 0 amide bonds. The van der Waals surface area contributed by atoms with Crippen molar-refractivity contribution in [2.75, 3.05) is 7.11 Å². The summed E-state index contributed by atoms with van der Waals surface area (Å²) < 4.78 is 17.3. The van der Waals surface area contributed by atoms with Gasteiger partial charge in [0.1, 0.15) is 29.5 Å².